The number of aryl methyl sites for hydroxylation is 3. The predicted octanol–water partition coefficient (Wildman–Crippen LogP) is 4.93. The molecule has 8 nitrogen and oxygen atoms in total. The second-order valence-corrected chi connectivity index (χ2v) is 11.4. The Morgan fingerprint density at radius 1 is 1.18 bits per heavy atom. The normalized spacial score (nSPS) is 21.2. The molecular formula is C29H26FN5O3S. The Kier molecular flexibility index (Phi) is 5.71. The van der Waals surface area contributed by atoms with Gasteiger partial charge in [-0.2, -0.15) is 0 Å². The van der Waals surface area contributed by atoms with E-state index in [0.29, 0.717) is 39.8 Å². The van der Waals surface area contributed by atoms with Gasteiger partial charge in [0.15, 0.2) is 5.78 Å². The van der Waals surface area contributed by atoms with Crippen LogP contribution in [0.25, 0.3) is 21.9 Å². The predicted molar refractivity (Wildman–Crippen MR) is 143 cm³/mol. The summed E-state index contributed by atoms with van der Waals surface area (Å²) in [5.74, 6) is 0.332. The number of ketones is 1. The number of hydrogen-bond acceptors (Lipinski definition) is 8. The quantitative estimate of drug-likeness (QED) is 0.367. The van der Waals surface area contributed by atoms with Crippen molar-refractivity contribution in [3.8, 4) is 21.9 Å². The van der Waals surface area contributed by atoms with Crippen LogP contribution in [0.5, 0.6) is 0 Å². The van der Waals surface area contributed by atoms with E-state index in [9.17, 15) is 14.0 Å². The average molecular weight is 544 g/mol. The van der Waals surface area contributed by atoms with Crippen LogP contribution in [0.3, 0.4) is 0 Å². The van der Waals surface area contributed by atoms with Crippen LogP contribution >= 0.6 is 11.3 Å². The van der Waals surface area contributed by atoms with Gasteiger partial charge in [0.1, 0.15) is 5.82 Å². The molecule has 39 heavy (non-hydrogen) atoms. The Bertz CT molecular complexity index is 1660. The summed E-state index contributed by atoms with van der Waals surface area (Å²) in [6, 6.07) is 7.95. The fourth-order valence-electron chi connectivity index (χ4n) is 6.29. The van der Waals surface area contributed by atoms with Crippen LogP contribution in [0.15, 0.2) is 34.7 Å². The van der Waals surface area contributed by atoms with Gasteiger partial charge in [-0.05, 0) is 67.6 Å². The van der Waals surface area contributed by atoms with E-state index in [1.807, 2.05) is 13.0 Å². The fraction of sp³-hybridized carbons (Fsp3) is 0.345. The minimum absolute atomic E-state index is 0.0179. The zero-order valence-electron chi connectivity index (χ0n) is 21.5. The molecule has 1 amide bonds. The molecule has 0 radical (unpaired) electrons. The van der Waals surface area contributed by atoms with Crippen LogP contribution in [0, 0.1) is 12.7 Å². The fourth-order valence-corrected chi connectivity index (χ4v) is 7.26. The van der Waals surface area contributed by atoms with E-state index in [4.69, 9.17) is 9.40 Å². The zero-order chi connectivity index (χ0) is 26.8. The summed E-state index contributed by atoms with van der Waals surface area (Å²) < 4.78 is 19.5. The molecule has 10 heteroatoms. The summed E-state index contributed by atoms with van der Waals surface area (Å²) in [4.78, 5) is 33.4. The van der Waals surface area contributed by atoms with Crippen molar-refractivity contribution in [3.05, 3.63) is 75.0 Å². The summed E-state index contributed by atoms with van der Waals surface area (Å²) >= 11 is 1.33. The van der Waals surface area contributed by atoms with E-state index in [1.165, 1.54) is 17.4 Å². The topological polar surface area (TPSA) is 110 Å². The van der Waals surface area contributed by atoms with Gasteiger partial charge in [0.25, 0.3) is 5.91 Å². The lowest BCUT2D eigenvalue weighted by atomic mass is 9.94. The number of pyridine rings is 1. The standard InChI is InChI=1S/C29H26FN5O3S/c1-3-18-22(29-35-34-13(2)38-29)23(24-25(32-18)17-10-11-31-26(17)27(24)36)20-8-9-21(39-20)28(37)33-19-7-4-14-12-15(30)5-6-16(14)19/h5-6,8-9,12,17,19,26,31H,3-4,7,10-11H2,1-2H3,(H,33,37)/t17-,19+,26?/m0/s1. The van der Waals surface area contributed by atoms with E-state index in [-0.39, 0.29) is 35.5 Å². The number of carbonyl (C=O) groups excluding carboxylic acids is 2. The Hall–Kier alpha value is -3.76. The molecule has 1 aromatic carbocycles. The third kappa shape index (κ3) is 3.84. The number of nitrogens with zero attached hydrogens (tertiary/aromatic N) is 3. The number of thiophene rings is 1. The highest BCUT2D eigenvalue weighted by Crippen LogP contribution is 2.48. The Morgan fingerprint density at radius 3 is 2.85 bits per heavy atom. The number of fused-ring (bicyclic) bond motifs is 4. The summed E-state index contributed by atoms with van der Waals surface area (Å²) in [6.07, 6.45) is 2.92. The maximum Gasteiger partial charge on any atom is 0.261 e. The number of halogens is 1. The van der Waals surface area contributed by atoms with Crippen LogP contribution in [0.4, 0.5) is 4.39 Å². The van der Waals surface area contributed by atoms with Crippen LogP contribution in [-0.4, -0.2) is 39.5 Å². The first-order valence-corrected chi connectivity index (χ1v) is 14.1. The van der Waals surface area contributed by atoms with E-state index in [0.717, 1.165) is 53.2 Å². The zero-order valence-corrected chi connectivity index (χ0v) is 22.3. The molecule has 0 bridgehead atoms. The molecule has 1 fully saturated rings. The molecule has 4 aromatic rings. The van der Waals surface area contributed by atoms with Gasteiger partial charge in [-0.15, -0.1) is 21.5 Å². The minimum Gasteiger partial charge on any atom is -0.421 e. The van der Waals surface area contributed by atoms with Crippen molar-refractivity contribution in [1.82, 2.24) is 25.8 Å². The number of aromatic nitrogens is 3. The second-order valence-electron chi connectivity index (χ2n) is 10.3. The third-order valence-corrected chi connectivity index (χ3v) is 9.14. The van der Waals surface area contributed by atoms with Crippen molar-refractivity contribution in [2.75, 3.05) is 6.54 Å². The first kappa shape index (κ1) is 24.3. The lowest BCUT2D eigenvalue weighted by Crippen LogP contribution is -2.29. The van der Waals surface area contributed by atoms with E-state index >= 15 is 0 Å². The lowest BCUT2D eigenvalue weighted by molar-refractivity contribution is 0.0938. The van der Waals surface area contributed by atoms with Crippen LogP contribution in [0.1, 0.15) is 80.2 Å². The average Bonchev–Trinajstić information content (AvgIpc) is 3.75. The monoisotopic (exact) mass is 543 g/mol. The SMILES string of the molecule is CCc1nc2c(c(-c3ccc(C(=O)N[C@@H]4CCc5cc(F)ccc54)s3)c1-c1nnc(C)o1)C(=O)C1NCC[C@@H]21. The van der Waals surface area contributed by atoms with Crippen molar-refractivity contribution in [2.45, 2.75) is 57.5 Å². The molecule has 3 aromatic heterocycles. The number of carbonyl (C=O) groups is 2. The minimum atomic E-state index is -0.286. The highest BCUT2D eigenvalue weighted by Gasteiger charge is 2.47. The van der Waals surface area contributed by atoms with Gasteiger partial charge in [0, 0.05) is 23.3 Å². The van der Waals surface area contributed by atoms with Crippen molar-refractivity contribution in [2.24, 2.45) is 0 Å². The molecular weight excluding hydrogens is 517 g/mol. The first-order valence-electron chi connectivity index (χ1n) is 13.3. The first-order chi connectivity index (χ1) is 18.9. The van der Waals surface area contributed by atoms with Gasteiger partial charge < -0.3 is 15.1 Å². The van der Waals surface area contributed by atoms with Gasteiger partial charge in [-0.25, -0.2) is 4.39 Å². The van der Waals surface area contributed by atoms with E-state index < -0.39 is 0 Å². The number of hydrogen-bond donors (Lipinski definition) is 2. The summed E-state index contributed by atoms with van der Waals surface area (Å²) in [7, 11) is 0. The Labute approximate surface area is 228 Å². The van der Waals surface area contributed by atoms with Crippen LogP contribution in [-0.2, 0) is 12.8 Å². The molecule has 3 aliphatic rings. The molecule has 1 unspecified atom stereocenters. The Morgan fingerprint density at radius 2 is 2.05 bits per heavy atom. The summed E-state index contributed by atoms with van der Waals surface area (Å²) in [5.41, 5.74) is 5.46. The van der Waals surface area contributed by atoms with E-state index in [1.54, 1.807) is 25.1 Å². The van der Waals surface area contributed by atoms with Gasteiger partial charge in [0.2, 0.25) is 11.8 Å². The number of benzene rings is 1. The molecule has 1 aliphatic heterocycles. The number of rotatable bonds is 5. The summed E-state index contributed by atoms with van der Waals surface area (Å²) in [6.45, 7) is 4.53. The number of Topliss-reactive ketones (excluding diaryl/α,β-unsaturated/α-hetero) is 1. The maximum absolute atomic E-state index is 13.7. The van der Waals surface area contributed by atoms with Crippen molar-refractivity contribution >= 4 is 23.0 Å². The second kappa shape index (κ2) is 9.17. The van der Waals surface area contributed by atoms with Crippen LogP contribution < -0.4 is 10.6 Å². The molecule has 4 heterocycles. The molecule has 2 aliphatic carbocycles. The third-order valence-electron chi connectivity index (χ3n) is 8.04. The van der Waals surface area contributed by atoms with Crippen molar-refractivity contribution in [1.29, 1.82) is 0 Å². The molecule has 7 rings (SSSR count). The lowest BCUT2D eigenvalue weighted by Gasteiger charge is -2.16. The molecule has 198 valence electrons. The smallest absolute Gasteiger partial charge is 0.261 e. The highest BCUT2D eigenvalue weighted by molar-refractivity contribution is 7.17. The van der Waals surface area contributed by atoms with Crippen LogP contribution in [0.2, 0.25) is 0 Å². The molecule has 0 spiro atoms. The molecule has 3 atom stereocenters. The molecule has 1 saturated heterocycles. The maximum atomic E-state index is 13.7. The Balaban J connectivity index is 1.31. The highest BCUT2D eigenvalue weighted by atomic mass is 32.1. The largest absolute Gasteiger partial charge is 0.421 e. The van der Waals surface area contributed by atoms with Gasteiger partial charge in [0.05, 0.1) is 39.5 Å². The van der Waals surface area contributed by atoms with E-state index in [2.05, 4.69) is 20.8 Å². The van der Waals surface area contributed by atoms with Gasteiger partial charge in [-0.3, -0.25) is 14.6 Å². The molecule has 0 saturated carbocycles. The number of amides is 1. The van der Waals surface area contributed by atoms with Crippen molar-refractivity contribution < 1.29 is 18.4 Å². The summed E-state index contributed by atoms with van der Waals surface area (Å²) in [5, 5.41) is 14.8. The number of nitrogens with one attached hydrogen (secondary N) is 2. The van der Waals surface area contributed by atoms with Gasteiger partial charge in [-0.1, -0.05) is 13.0 Å². The van der Waals surface area contributed by atoms with Gasteiger partial charge >= 0.3 is 0 Å². The molecule has 2 N–H and O–H groups in total. The van der Waals surface area contributed by atoms with Crippen molar-refractivity contribution in [3.63, 3.8) is 0 Å².